The van der Waals surface area contributed by atoms with Gasteiger partial charge in [0.05, 0.1) is 12.1 Å². The van der Waals surface area contributed by atoms with Gasteiger partial charge in [-0.2, -0.15) is 0 Å². The van der Waals surface area contributed by atoms with Crippen LogP contribution in [-0.4, -0.2) is 40.5 Å². The van der Waals surface area contributed by atoms with Gasteiger partial charge in [0, 0.05) is 42.3 Å². The number of aliphatic hydroxyl groups is 1. The van der Waals surface area contributed by atoms with E-state index in [1.165, 1.54) is 0 Å². The third-order valence-electron chi connectivity index (χ3n) is 5.54. The largest absolute Gasteiger partial charge is 0.385 e. The molecule has 1 aliphatic heterocycles. The molecule has 1 fully saturated rings. The second-order valence-electron chi connectivity index (χ2n) is 7.51. The molecule has 0 spiro atoms. The summed E-state index contributed by atoms with van der Waals surface area (Å²) in [6.07, 6.45) is 4.61. The van der Waals surface area contributed by atoms with Crippen LogP contribution in [0.1, 0.15) is 18.4 Å². The summed E-state index contributed by atoms with van der Waals surface area (Å²) in [5.74, 6) is -0.0415. The van der Waals surface area contributed by atoms with E-state index in [-0.39, 0.29) is 5.91 Å². The Morgan fingerprint density at radius 1 is 1.00 bits per heavy atom. The number of amides is 1. The number of hydrogen-bond donors (Lipinski definition) is 2. The Kier molecular flexibility index (Phi) is 5.69. The van der Waals surface area contributed by atoms with Crippen molar-refractivity contribution < 1.29 is 9.90 Å². The molecule has 3 aromatic rings. The molecule has 148 valence electrons. The van der Waals surface area contributed by atoms with E-state index in [4.69, 9.17) is 0 Å². The highest BCUT2D eigenvalue weighted by Crippen LogP contribution is 2.32. The highest BCUT2D eigenvalue weighted by Gasteiger charge is 2.34. The Labute approximate surface area is 171 Å². The Balaban J connectivity index is 1.37. The molecule has 4 rings (SSSR count). The summed E-state index contributed by atoms with van der Waals surface area (Å²) >= 11 is 0. The van der Waals surface area contributed by atoms with Crippen molar-refractivity contribution in [2.75, 3.05) is 25.0 Å². The van der Waals surface area contributed by atoms with Crippen LogP contribution in [0.25, 0.3) is 11.1 Å². The van der Waals surface area contributed by atoms with E-state index in [2.05, 4.69) is 15.2 Å². The molecule has 0 bridgehead atoms. The molecule has 1 aliphatic rings. The standard InChI is InChI=1S/C24H25N3O2/c28-23(26-22-11-5-4-10-21(22)19-7-2-1-3-8-19)18-27-15-12-24(29,13-16-27)20-9-6-14-25-17-20/h1-11,14,17,29H,12-13,15-16,18H2,(H,26,28). The lowest BCUT2D eigenvalue weighted by molar-refractivity contribution is -0.118. The van der Waals surface area contributed by atoms with Gasteiger partial charge in [0.25, 0.3) is 0 Å². The molecular formula is C24H25N3O2. The average molecular weight is 387 g/mol. The number of carbonyl (C=O) groups excluding carboxylic acids is 1. The molecule has 1 amide bonds. The topological polar surface area (TPSA) is 65.5 Å². The van der Waals surface area contributed by atoms with E-state index >= 15 is 0 Å². The van der Waals surface area contributed by atoms with E-state index in [0.29, 0.717) is 32.5 Å². The smallest absolute Gasteiger partial charge is 0.238 e. The van der Waals surface area contributed by atoms with Crippen molar-refractivity contribution in [3.05, 3.63) is 84.7 Å². The molecule has 2 aromatic carbocycles. The van der Waals surface area contributed by atoms with Gasteiger partial charge >= 0.3 is 0 Å². The van der Waals surface area contributed by atoms with Gasteiger partial charge in [-0.15, -0.1) is 0 Å². The number of hydrogen-bond acceptors (Lipinski definition) is 4. The highest BCUT2D eigenvalue weighted by molar-refractivity contribution is 5.96. The van der Waals surface area contributed by atoms with E-state index in [1.807, 2.05) is 66.7 Å². The zero-order valence-corrected chi connectivity index (χ0v) is 16.3. The molecule has 5 nitrogen and oxygen atoms in total. The second-order valence-corrected chi connectivity index (χ2v) is 7.51. The van der Waals surface area contributed by atoms with Gasteiger partial charge in [0.15, 0.2) is 0 Å². The lowest BCUT2D eigenvalue weighted by atomic mass is 9.85. The van der Waals surface area contributed by atoms with Crippen molar-refractivity contribution in [3.63, 3.8) is 0 Å². The summed E-state index contributed by atoms with van der Waals surface area (Å²) < 4.78 is 0. The predicted molar refractivity (Wildman–Crippen MR) is 114 cm³/mol. The number of rotatable bonds is 5. The number of piperidine rings is 1. The van der Waals surface area contributed by atoms with E-state index in [1.54, 1.807) is 12.4 Å². The first kappa shape index (κ1) is 19.3. The van der Waals surface area contributed by atoms with Crippen molar-refractivity contribution in [1.82, 2.24) is 9.88 Å². The first-order valence-corrected chi connectivity index (χ1v) is 9.94. The lowest BCUT2D eigenvalue weighted by Crippen LogP contribution is -2.45. The van der Waals surface area contributed by atoms with Crippen molar-refractivity contribution in [2.45, 2.75) is 18.4 Å². The van der Waals surface area contributed by atoms with Crippen LogP contribution in [0.15, 0.2) is 79.1 Å². The van der Waals surface area contributed by atoms with Crippen LogP contribution >= 0.6 is 0 Å². The summed E-state index contributed by atoms with van der Waals surface area (Å²) in [6, 6.07) is 21.6. The van der Waals surface area contributed by atoms with Gasteiger partial charge in [-0.3, -0.25) is 14.7 Å². The zero-order chi connectivity index (χ0) is 20.1. The minimum atomic E-state index is -0.860. The SMILES string of the molecule is O=C(CN1CCC(O)(c2cccnc2)CC1)Nc1ccccc1-c1ccccc1. The molecular weight excluding hydrogens is 362 g/mol. The molecule has 0 unspecified atom stereocenters. The summed E-state index contributed by atoms with van der Waals surface area (Å²) in [6.45, 7) is 1.64. The Bertz CT molecular complexity index is 952. The predicted octanol–water partition coefficient (Wildman–Crippen LogP) is 3.67. The van der Waals surface area contributed by atoms with Gasteiger partial charge in [0.2, 0.25) is 5.91 Å². The van der Waals surface area contributed by atoms with Crippen LogP contribution in [0.5, 0.6) is 0 Å². The number of anilines is 1. The summed E-state index contributed by atoms with van der Waals surface area (Å²) in [7, 11) is 0. The van der Waals surface area contributed by atoms with Gasteiger partial charge < -0.3 is 10.4 Å². The molecule has 0 aliphatic carbocycles. The van der Waals surface area contributed by atoms with E-state index in [9.17, 15) is 9.90 Å². The number of nitrogens with one attached hydrogen (secondary N) is 1. The summed E-state index contributed by atoms with van der Waals surface area (Å²) in [4.78, 5) is 18.9. The van der Waals surface area contributed by atoms with Crippen molar-refractivity contribution in [3.8, 4) is 11.1 Å². The second kappa shape index (κ2) is 8.55. The zero-order valence-electron chi connectivity index (χ0n) is 16.3. The number of likely N-dealkylation sites (tertiary alicyclic amines) is 1. The van der Waals surface area contributed by atoms with Crippen LogP contribution < -0.4 is 5.32 Å². The van der Waals surface area contributed by atoms with Crippen molar-refractivity contribution >= 4 is 11.6 Å². The van der Waals surface area contributed by atoms with Crippen LogP contribution in [0.4, 0.5) is 5.69 Å². The number of benzene rings is 2. The third-order valence-corrected chi connectivity index (χ3v) is 5.54. The maximum absolute atomic E-state index is 12.7. The summed E-state index contributed by atoms with van der Waals surface area (Å²) in [5.41, 5.74) is 2.88. The van der Waals surface area contributed by atoms with E-state index in [0.717, 1.165) is 22.4 Å². The normalized spacial score (nSPS) is 16.3. The lowest BCUT2D eigenvalue weighted by Gasteiger charge is -2.38. The van der Waals surface area contributed by atoms with E-state index < -0.39 is 5.60 Å². The first-order valence-electron chi connectivity index (χ1n) is 9.94. The fraction of sp³-hybridized carbons (Fsp3) is 0.250. The Morgan fingerprint density at radius 2 is 1.72 bits per heavy atom. The van der Waals surface area contributed by atoms with Gasteiger partial charge in [-0.1, -0.05) is 54.6 Å². The molecule has 0 saturated carbocycles. The van der Waals surface area contributed by atoms with Crippen molar-refractivity contribution in [2.24, 2.45) is 0 Å². The third kappa shape index (κ3) is 4.53. The molecule has 1 saturated heterocycles. The first-order chi connectivity index (χ1) is 14.1. The maximum atomic E-state index is 12.7. The number of pyridine rings is 1. The molecule has 2 N–H and O–H groups in total. The molecule has 5 heteroatoms. The summed E-state index contributed by atoms with van der Waals surface area (Å²) in [5, 5.41) is 14.0. The Morgan fingerprint density at radius 3 is 2.45 bits per heavy atom. The minimum absolute atomic E-state index is 0.0415. The number of carbonyl (C=O) groups is 1. The molecule has 2 heterocycles. The fourth-order valence-corrected chi connectivity index (χ4v) is 3.86. The number of para-hydroxylation sites is 1. The number of aromatic nitrogens is 1. The fourth-order valence-electron chi connectivity index (χ4n) is 3.86. The maximum Gasteiger partial charge on any atom is 0.238 e. The highest BCUT2D eigenvalue weighted by atomic mass is 16.3. The van der Waals surface area contributed by atoms with Gasteiger partial charge in [-0.25, -0.2) is 0 Å². The van der Waals surface area contributed by atoms with Crippen LogP contribution in [0.3, 0.4) is 0 Å². The monoisotopic (exact) mass is 387 g/mol. The quantitative estimate of drug-likeness (QED) is 0.701. The molecule has 1 aromatic heterocycles. The van der Waals surface area contributed by atoms with Crippen LogP contribution in [-0.2, 0) is 10.4 Å². The molecule has 0 atom stereocenters. The Hall–Kier alpha value is -3.02. The van der Waals surface area contributed by atoms with Crippen LogP contribution in [0.2, 0.25) is 0 Å². The number of nitrogens with zero attached hydrogens (tertiary/aromatic N) is 2. The minimum Gasteiger partial charge on any atom is -0.385 e. The molecule has 29 heavy (non-hydrogen) atoms. The average Bonchev–Trinajstić information content (AvgIpc) is 2.77. The van der Waals surface area contributed by atoms with Crippen LogP contribution in [0, 0.1) is 0 Å². The molecule has 0 radical (unpaired) electrons. The van der Waals surface area contributed by atoms with Crippen molar-refractivity contribution in [1.29, 1.82) is 0 Å². The van der Waals surface area contributed by atoms with Gasteiger partial charge in [0.1, 0.15) is 0 Å². The van der Waals surface area contributed by atoms with Gasteiger partial charge in [-0.05, 0) is 30.5 Å².